The summed E-state index contributed by atoms with van der Waals surface area (Å²) in [7, 11) is 2.02. The van der Waals surface area contributed by atoms with Gasteiger partial charge < -0.3 is 5.32 Å². The zero-order chi connectivity index (χ0) is 13.0. The SMILES string of the molecule is CCCn1c(SC2CCCCC2NC)n[nH]c1=O. The first-order valence-corrected chi connectivity index (χ1v) is 7.63. The van der Waals surface area contributed by atoms with E-state index in [1.807, 2.05) is 7.05 Å². The number of H-pyrrole nitrogens is 1. The fourth-order valence-electron chi connectivity index (χ4n) is 2.52. The van der Waals surface area contributed by atoms with Crippen LogP contribution in [0, 0.1) is 0 Å². The maximum Gasteiger partial charge on any atom is 0.343 e. The molecule has 5 nitrogen and oxygen atoms in total. The fourth-order valence-corrected chi connectivity index (χ4v) is 3.91. The van der Waals surface area contributed by atoms with Crippen molar-refractivity contribution in [1.29, 1.82) is 0 Å². The van der Waals surface area contributed by atoms with Crippen molar-refractivity contribution in [2.75, 3.05) is 7.05 Å². The Labute approximate surface area is 112 Å². The van der Waals surface area contributed by atoms with Crippen LogP contribution in [0.1, 0.15) is 39.0 Å². The molecular weight excluding hydrogens is 248 g/mol. The van der Waals surface area contributed by atoms with E-state index >= 15 is 0 Å². The third-order valence-corrected chi connectivity index (χ3v) is 4.89. The Hall–Kier alpha value is -0.750. The Morgan fingerprint density at radius 3 is 3.00 bits per heavy atom. The third-order valence-electron chi connectivity index (χ3n) is 3.50. The molecule has 18 heavy (non-hydrogen) atoms. The van der Waals surface area contributed by atoms with E-state index in [1.54, 1.807) is 16.3 Å². The minimum atomic E-state index is -0.0869. The van der Waals surface area contributed by atoms with Crippen molar-refractivity contribution in [3.05, 3.63) is 10.5 Å². The standard InChI is InChI=1S/C12H22N4OS/c1-3-8-16-11(17)14-15-12(16)18-10-7-5-4-6-9(10)13-2/h9-10,13H,3-8H2,1-2H3,(H,14,17). The molecule has 1 aromatic rings. The number of hydrogen-bond donors (Lipinski definition) is 2. The van der Waals surface area contributed by atoms with Gasteiger partial charge in [-0.1, -0.05) is 31.5 Å². The van der Waals surface area contributed by atoms with Crippen LogP contribution in [0.2, 0.25) is 0 Å². The minimum absolute atomic E-state index is 0.0869. The summed E-state index contributed by atoms with van der Waals surface area (Å²) >= 11 is 1.74. The summed E-state index contributed by atoms with van der Waals surface area (Å²) in [6.45, 7) is 2.82. The summed E-state index contributed by atoms with van der Waals surface area (Å²) in [6, 6.07) is 0.533. The van der Waals surface area contributed by atoms with Crippen LogP contribution in [0.25, 0.3) is 0 Å². The second kappa shape index (κ2) is 6.43. The van der Waals surface area contributed by atoms with E-state index in [9.17, 15) is 4.79 Å². The summed E-state index contributed by atoms with van der Waals surface area (Å²) in [5, 5.41) is 11.5. The van der Waals surface area contributed by atoms with E-state index in [0.29, 0.717) is 11.3 Å². The monoisotopic (exact) mass is 270 g/mol. The van der Waals surface area contributed by atoms with Crippen LogP contribution >= 0.6 is 11.8 Å². The molecule has 0 aromatic carbocycles. The zero-order valence-corrected chi connectivity index (χ0v) is 11.9. The second-order valence-electron chi connectivity index (χ2n) is 4.80. The average Bonchev–Trinajstić information content (AvgIpc) is 2.73. The summed E-state index contributed by atoms with van der Waals surface area (Å²) < 4.78 is 1.76. The number of rotatable bonds is 5. The Kier molecular flexibility index (Phi) is 4.88. The highest BCUT2D eigenvalue weighted by Gasteiger charge is 2.26. The maximum atomic E-state index is 11.6. The first kappa shape index (κ1) is 13.7. The van der Waals surface area contributed by atoms with Crippen molar-refractivity contribution < 1.29 is 0 Å². The lowest BCUT2D eigenvalue weighted by Gasteiger charge is -2.30. The third kappa shape index (κ3) is 2.98. The van der Waals surface area contributed by atoms with Crippen molar-refractivity contribution in [3.63, 3.8) is 0 Å². The minimum Gasteiger partial charge on any atom is -0.316 e. The Balaban J connectivity index is 2.10. The summed E-state index contributed by atoms with van der Waals surface area (Å²) in [4.78, 5) is 11.6. The van der Waals surface area contributed by atoms with Gasteiger partial charge in [0, 0.05) is 17.8 Å². The van der Waals surface area contributed by atoms with Crippen LogP contribution in [0.4, 0.5) is 0 Å². The van der Waals surface area contributed by atoms with Gasteiger partial charge >= 0.3 is 5.69 Å². The predicted molar refractivity (Wildman–Crippen MR) is 74.1 cm³/mol. The molecule has 2 rings (SSSR count). The normalized spacial score (nSPS) is 24.3. The molecule has 1 heterocycles. The molecule has 1 aromatic heterocycles. The lowest BCUT2D eigenvalue weighted by molar-refractivity contribution is 0.404. The quantitative estimate of drug-likeness (QED) is 0.853. The zero-order valence-electron chi connectivity index (χ0n) is 11.1. The van der Waals surface area contributed by atoms with Crippen molar-refractivity contribution in [1.82, 2.24) is 20.1 Å². The number of nitrogens with zero attached hydrogens (tertiary/aromatic N) is 2. The molecule has 1 aliphatic carbocycles. The Bertz CT molecular complexity index is 428. The molecule has 1 saturated carbocycles. The highest BCUT2D eigenvalue weighted by Crippen LogP contribution is 2.32. The van der Waals surface area contributed by atoms with E-state index in [4.69, 9.17) is 0 Å². The van der Waals surface area contributed by atoms with Crippen LogP contribution in [-0.2, 0) is 6.54 Å². The molecular formula is C12H22N4OS. The molecule has 2 N–H and O–H groups in total. The fraction of sp³-hybridized carbons (Fsp3) is 0.833. The average molecular weight is 270 g/mol. The maximum absolute atomic E-state index is 11.6. The van der Waals surface area contributed by atoms with Crippen molar-refractivity contribution in [2.45, 2.75) is 62.0 Å². The van der Waals surface area contributed by atoms with Gasteiger partial charge in [-0.05, 0) is 26.3 Å². The van der Waals surface area contributed by atoms with Crippen LogP contribution < -0.4 is 11.0 Å². The molecule has 0 bridgehead atoms. The lowest BCUT2D eigenvalue weighted by Crippen LogP contribution is -2.38. The first-order chi connectivity index (χ1) is 8.76. The van der Waals surface area contributed by atoms with Crippen LogP contribution in [0.15, 0.2) is 9.95 Å². The Morgan fingerprint density at radius 1 is 1.50 bits per heavy atom. The number of aromatic nitrogens is 3. The Morgan fingerprint density at radius 2 is 2.28 bits per heavy atom. The van der Waals surface area contributed by atoms with Crippen LogP contribution in [0.5, 0.6) is 0 Å². The molecule has 1 fully saturated rings. The molecule has 0 radical (unpaired) electrons. The van der Waals surface area contributed by atoms with Crippen LogP contribution in [0.3, 0.4) is 0 Å². The van der Waals surface area contributed by atoms with Crippen LogP contribution in [-0.4, -0.2) is 33.1 Å². The highest BCUT2D eigenvalue weighted by atomic mass is 32.2. The second-order valence-corrected chi connectivity index (χ2v) is 6.01. The number of aromatic amines is 1. The van der Waals surface area contributed by atoms with E-state index in [-0.39, 0.29) is 5.69 Å². The molecule has 1 aliphatic rings. The molecule has 2 unspecified atom stereocenters. The number of thioether (sulfide) groups is 1. The summed E-state index contributed by atoms with van der Waals surface area (Å²) in [5.74, 6) is 0. The first-order valence-electron chi connectivity index (χ1n) is 6.75. The molecule has 0 amide bonds. The van der Waals surface area contributed by atoms with E-state index < -0.39 is 0 Å². The van der Waals surface area contributed by atoms with Gasteiger partial charge in [0.1, 0.15) is 0 Å². The van der Waals surface area contributed by atoms with Gasteiger partial charge in [0.15, 0.2) is 5.16 Å². The topological polar surface area (TPSA) is 62.7 Å². The van der Waals surface area contributed by atoms with E-state index in [0.717, 1.165) is 18.1 Å². The highest BCUT2D eigenvalue weighted by molar-refractivity contribution is 7.99. The van der Waals surface area contributed by atoms with Gasteiger partial charge in [-0.25, -0.2) is 9.89 Å². The molecule has 0 spiro atoms. The largest absolute Gasteiger partial charge is 0.343 e. The predicted octanol–water partition coefficient (Wildman–Crippen LogP) is 1.60. The molecule has 2 atom stereocenters. The summed E-state index contributed by atoms with van der Waals surface area (Å²) in [5.41, 5.74) is -0.0869. The van der Waals surface area contributed by atoms with Gasteiger partial charge in [-0.3, -0.25) is 4.57 Å². The van der Waals surface area contributed by atoms with Gasteiger partial charge in [0.25, 0.3) is 0 Å². The summed E-state index contributed by atoms with van der Waals surface area (Å²) in [6.07, 6.45) is 5.94. The van der Waals surface area contributed by atoms with Gasteiger partial charge in [-0.15, -0.1) is 5.10 Å². The lowest BCUT2D eigenvalue weighted by atomic mass is 9.95. The van der Waals surface area contributed by atoms with E-state index in [2.05, 4.69) is 22.4 Å². The van der Waals surface area contributed by atoms with Gasteiger partial charge in [0.05, 0.1) is 0 Å². The smallest absolute Gasteiger partial charge is 0.316 e. The number of hydrogen-bond acceptors (Lipinski definition) is 4. The molecule has 102 valence electrons. The molecule has 0 aliphatic heterocycles. The van der Waals surface area contributed by atoms with Crippen molar-refractivity contribution in [2.24, 2.45) is 0 Å². The van der Waals surface area contributed by atoms with Crippen molar-refractivity contribution >= 4 is 11.8 Å². The van der Waals surface area contributed by atoms with E-state index in [1.165, 1.54) is 25.7 Å². The van der Waals surface area contributed by atoms with Crippen molar-refractivity contribution in [3.8, 4) is 0 Å². The number of nitrogens with one attached hydrogen (secondary N) is 2. The van der Waals surface area contributed by atoms with Gasteiger partial charge in [0.2, 0.25) is 0 Å². The molecule has 0 saturated heterocycles. The molecule has 6 heteroatoms. The van der Waals surface area contributed by atoms with Gasteiger partial charge in [-0.2, -0.15) is 0 Å².